The summed E-state index contributed by atoms with van der Waals surface area (Å²) < 4.78 is 0. The Morgan fingerprint density at radius 3 is 2.29 bits per heavy atom. The molecule has 0 bridgehead atoms. The van der Waals surface area contributed by atoms with E-state index in [1.54, 1.807) is 0 Å². The molecule has 1 aromatic rings. The van der Waals surface area contributed by atoms with Gasteiger partial charge in [-0.2, -0.15) is 0 Å². The van der Waals surface area contributed by atoms with Gasteiger partial charge in [0, 0.05) is 5.56 Å². The van der Waals surface area contributed by atoms with E-state index in [0.717, 1.165) is 6.07 Å². The smallest absolute Gasteiger partial charge is 0.163 e. The summed E-state index contributed by atoms with van der Waals surface area (Å²) in [6.07, 6.45) is -0.887. The van der Waals surface area contributed by atoms with Crippen LogP contribution in [0.1, 0.15) is 35.9 Å². The Kier molecular flexibility index (Phi) is 2.76. The van der Waals surface area contributed by atoms with Gasteiger partial charge in [-0.1, -0.05) is 0 Å². The molecule has 1 aromatic carbocycles. The van der Waals surface area contributed by atoms with Gasteiger partial charge in [0.2, 0.25) is 0 Å². The summed E-state index contributed by atoms with van der Waals surface area (Å²) in [5, 5.41) is 28.0. The minimum atomic E-state index is -0.887. The number of aliphatic hydroxyl groups is 1. The van der Waals surface area contributed by atoms with E-state index in [9.17, 15) is 20.1 Å². The number of ketones is 1. The van der Waals surface area contributed by atoms with Crippen molar-refractivity contribution >= 4 is 5.78 Å². The van der Waals surface area contributed by atoms with E-state index in [4.69, 9.17) is 0 Å². The van der Waals surface area contributed by atoms with Crippen LogP contribution in [0.25, 0.3) is 0 Å². The molecule has 0 saturated carbocycles. The Balaban J connectivity index is 3.31. The molecule has 0 aliphatic rings. The van der Waals surface area contributed by atoms with Crippen LogP contribution in [0.15, 0.2) is 12.1 Å². The Morgan fingerprint density at radius 2 is 1.86 bits per heavy atom. The van der Waals surface area contributed by atoms with Gasteiger partial charge in [0.05, 0.1) is 11.7 Å². The van der Waals surface area contributed by atoms with Crippen molar-refractivity contribution in [3.63, 3.8) is 0 Å². The van der Waals surface area contributed by atoms with Crippen molar-refractivity contribution in [2.24, 2.45) is 0 Å². The molecule has 3 N–H and O–H groups in total. The van der Waals surface area contributed by atoms with E-state index in [1.165, 1.54) is 19.9 Å². The molecule has 76 valence electrons. The summed E-state index contributed by atoms with van der Waals surface area (Å²) in [5.74, 6) is -0.760. The lowest BCUT2D eigenvalue weighted by Gasteiger charge is -2.10. The fourth-order valence-electron chi connectivity index (χ4n) is 1.21. The molecule has 0 radical (unpaired) electrons. The third kappa shape index (κ3) is 1.85. The normalized spacial score (nSPS) is 12.5. The van der Waals surface area contributed by atoms with Crippen LogP contribution in [0, 0.1) is 0 Å². The van der Waals surface area contributed by atoms with Gasteiger partial charge in [-0.3, -0.25) is 4.79 Å². The van der Waals surface area contributed by atoms with Crippen molar-refractivity contribution in [2.75, 3.05) is 0 Å². The second-order valence-electron chi connectivity index (χ2n) is 3.16. The number of aliphatic hydroxyl groups excluding tert-OH is 1. The monoisotopic (exact) mass is 196 g/mol. The molecule has 0 aliphatic carbocycles. The summed E-state index contributed by atoms with van der Waals surface area (Å²) in [5.41, 5.74) is 0.249. The molecule has 1 rings (SSSR count). The van der Waals surface area contributed by atoms with E-state index in [0.29, 0.717) is 0 Å². The van der Waals surface area contributed by atoms with Crippen LogP contribution in [-0.2, 0) is 0 Å². The van der Waals surface area contributed by atoms with Crippen LogP contribution in [0.4, 0.5) is 0 Å². The first-order chi connectivity index (χ1) is 6.43. The average Bonchev–Trinajstić information content (AvgIpc) is 2.07. The SMILES string of the molecule is CC(=O)c1cc(O)c(C(C)O)cc1O. The van der Waals surface area contributed by atoms with E-state index >= 15 is 0 Å². The van der Waals surface area contributed by atoms with Gasteiger partial charge < -0.3 is 15.3 Å². The topological polar surface area (TPSA) is 77.8 Å². The van der Waals surface area contributed by atoms with Crippen LogP contribution >= 0.6 is 0 Å². The number of hydrogen-bond donors (Lipinski definition) is 3. The minimum Gasteiger partial charge on any atom is -0.508 e. The standard InChI is InChI=1S/C10H12O4/c1-5(11)7-3-10(14)8(6(2)12)4-9(7)13/h3-5,11,13-14H,1-2H3. The van der Waals surface area contributed by atoms with E-state index in [-0.39, 0.29) is 28.4 Å². The fraction of sp³-hybridized carbons (Fsp3) is 0.300. The largest absolute Gasteiger partial charge is 0.508 e. The molecule has 1 unspecified atom stereocenters. The molecule has 0 amide bonds. The first-order valence-corrected chi connectivity index (χ1v) is 4.18. The van der Waals surface area contributed by atoms with Crippen LogP contribution < -0.4 is 0 Å². The lowest BCUT2D eigenvalue weighted by molar-refractivity contribution is 0.101. The van der Waals surface area contributed by atoms with Crippen LogP contribution in [-0.4, -0.2) is 21.1 Å². The third-order valence-electron chi connectivity index (χ3n) is 1.97. The maximum atomic E-state index is 11.0. The molecule has 4 nitrogen and oxygen atoms in total. The Bertz CT molecular complexity index is 369. The number of hydrogen-bond acceptors (Lipinski definition) is 4. The van der Waals surface area contributed by atoms with Gasteiger partial charge in [-0.05, 0) is 26.0 Å². The molecule has 0 saturated heterocycles. The second kappa shape index (κ2) is 3.67. The molecule has 0 aliphatic heterocycles. The zero-order chi connectivity index (χ0) is 10.9. The number of carbonyl (C=O) groups excluding carboxylic acids is 1. The summed E-state index contributed by atoms with van der Waals surface area (Å²) in [7, 11) is 0. The number of Topliss-reactive ketones (excluding diaryl/α,β-unsaturated/α-hetero) is 1. The first kappa shape index (κ1) is 10.5. The number of rotatable bonds is 2. The van der Waals surface area contributed by atoms with Gasteiger partial charge in [-0.15, -0.1) is 0 Å². The highest BCUT2D eigenvalue weighted by Crippen LogP contribution is 2.31. The number of phenols is 2. The number of phenolic OH excluding ortho intramolecular Hbond substituents is 2. The van der Waals surface area contributed by atoms with Crippen molar-refractivity contribution in [1.82, 2.24) is 0 Å². The number of carbonyl (C=O) groups is 1. The minimum absolute atomic E-state index is 0.0481. The predicted molar refractivity (Wildman–Crippen MR) is 50.4 cm³/mol. The third-order valence-corrected chi connectivity index (χ3v) is 1.97. The average molecular weight is 196 g/mol. The molecule has 0 spiro atoms. The Morgan fingerprint density at radius 1 is 1.29 bits per heavy atom. The van der Waals surface area contributed by atoms with Crippen molar-refractivity contribution < 1.29 is 20.1 Å². The lowest BCUT2D eigenvalue weighted by Crippen LogP contribution is -1.97. The zero-order valence-electron chi connectivity index (χ0n) is 7.98. The molecule has 0 aromatic heterocycles. The Labute approximate surface area is 81.4 Å². The number of benzene rings is 1. The number of aromatic hydroxyl groups is 2. The highest BCUT2D eigenvalue weighted by Gasteiger charge is 2.14. The molecular weight excluding hydrogens is 184 g/mol. The fourth-order valence-corrected chi connectivity index (χ4v) is 1.21. The predicted octanol–water partition coefficient (Wildman–Crippen LogP) is 1.35. The summed E-state index contributed by atoms with van der Waals surface area (Å²) in [6.45, 7) is 2.75. The van der Waals surface area contributed by atoms with Gasteiger partial charge in [0.25, 0.3) is 0 Å². The van der Waals surface area contributed by atoms with Crippen LogP contribution in [0.3, 0.4) is 0 Å². The zero-order valence-corrected chi connectivity index (χ0v) is 7.98. The van der Waals surface area contributed by atoms with Crippen molar-refractivity contribution in [2.45, 2.75) is 20.0 Å². The van der Waals surface area contributed by atoms with Crippen molar-refractivity contribution in [3.05, 3.63) is 23.3 Å². The highest BCUT2D eigenvalue weighted by atomic mass is 16.3. The van der Waals surface area contributed by atoms with Crippen LogP contribution in [0.5, 0.6) is 11.5 Å². The van der Waals surface area contributed by atoms with Gasteiger partial charge in [0.15, 0.2) is 5.78 Å². The van der Waals surface area contributed by atoms with Gasteiger partial charge >= 0.3 is 0 Å². The maximum absolute atomic E-state index is 11.0. The van der Waals surface area contributed by atoms with Crippen molar-refractivity contribution in [1.29, 1.82) is 0 Å². The molecule has 1 atom stereocenters. The molecule has 0 heterocycles. The van der Waals surface area contributed by atoms with E-state index in [2.05, 4.69) is 0 Å². The molecule has 4 heteroatoms. The summed E-state index contributed by atoms with van der Waals surface area (Å²) in [4.78, 5) is 11.0. The lowest BCUT2D eigenvalue weighted by atomic mass is 10.0. The van der Waals surface area contributed by atoms with E-state index in [1.807, 2.05) is 0 Å². The van der Waals surface area contributed by atoms with Gasteiger partial charge in [-0.25, -0.2) is 0 Å². The van der Waals surface area contributed by atoms with Gasteiger partial charge in [0.1, 0.15) is 11.5 Å². The Hall–Kier alpha value is -1.55. The molecular formula is C10H12O4. The van der Waals surface area contributed by atoms with Crippen molar-refractivity contribution in [3.8, 4) is 11.5 Å². The van der Waals surface area contributed by atoms with E-state index < -0.39 is 6.10 Å². The first-order valence-electron chi connectivity index (χ1n) is 4.18. The molecule has 14 heavy (non-hydrogen) atoms. The quantitative estimate of drug-likeness (QED) is 0.493. The maximum Gasteiger partial charge on any atom is 0.163 e. The molecule has 0 fully saturated rings. The van der Waals surface area contributed by atoms with Crippen LogP contribution in [0.2, 0.25) is 0 Å². The second-order valence-corrected chi connectivity index (χ2v) is 3.16. The summed E-state index contributed by atoms with van der Waals surface area (Å²) >= 11 is 0. The summed E-state index contributed by atoms with van der Waals surface area (Å²) in [6, 6.07) is 2.34. The highest BCUT2D eigenvalue weighted by molar-refractivity contribution is 5.97.